The maximum absolute atomic E-state index is 12.0. The number of carbonyl (C=O) groups excluding carboxylic acids is 1. The van der Waals surface area contributed by atoms with Gasteiger partial charge in [-0.25, -0.2) is 4.79 Å². The molecule has 0 fully saturated rings. The molecule has 0 bridgehead atoms. The average Bonchev–Trinajstić information content (AvgIpc) is 2.60. The number of anilines is 1. The fraction of sp³-hybridized carbons (Fsp3) is 0.235. The lowest BCUT2D eigenvalue weighted by Gasteiger charge is -2.19. The molecule has 2 aromatic carbocycles. The smallest absolute Gasteiger partial charge is 0.319 e. The van der Waals surface area contributed by atoms with Gasteiger partial charge in [-0.3, -0.25) is 0 Å². The Bertz CT molecular complexity index is 703. The Morgan fingerprint density at radius 1 is 1.04 bits per heavy atom. The summed E-state index contributed by atoms with van der Waals surface area (Å²) < 4.78 is 10.9. The lowest BCUT2D eigenvalue weighted by Crippen LogP contribution is -2.28. The largest absolute Gasteiger partial charge is 0.486 e. The number of benzene rings is 2. The van der Waals surface area contributed by atoms with Crippen LogP contribution in [0.5, 0.6) is 11.5 Å². The Balaban J connectivity index is 1.59. The first-order valence-corrected chi connectivity index (χ1v) is 7.38. The second-order valence-electron chi connectivity index (χ2n) is 5.09. The van der Waals surface area contributed by atoms with Crippen molar-refractivity contribution in [3.8, 4) is 11.5 Å². The monoisotopic (exact) mass is 314 g/mol. The number of fused-ring (bicyclic) bond motifs is 1. The minimum atomic E-state index is -0.325. The Morgan fingerprint density at radius 3 is 2.57 bits per heavy atom. The first kappa shape index (κ1) is 15.2. The molecule has 23 heavy (non-hydrogen) atoms. The lowest BCUT2D eigenvalue weighted by molar-refractivity contribution is 0.171. The maximum Gasteiger partial charge on any atom is 0.319 e. The van der Waals surface area contributed by atoms with E-state index in [1.54, 1.807) is 18.2 Å². The van der Waals surface area contributed by atoms with Gasteiger partial charge in [-0.1, -0.05) is 24.3 Å². The molecule has 0 atom stereocenters. The van der Waals surface area contributed by atoms with Crippen LogP contribution in [0.1, 0.15) is 11.1 Å². The zero-order valence-electron chi connectivity index (χ0n) is 12.5. The van der Waals surface area contributed by atoms with Crippen molar-refractivity contribution in [3.63, 3.8) is 0 Å². The molecule has 0 saturated heterocycles. The molecule has 0 aliphatic carbocycles. The first-order chi connectivity index (χ1) is 11.3. The van der Waals surface area contributed by atoms with E-state index in [1.807, 2.05) is 24.3 Å². The van der Waals surface area contributed by atoms with Crippen molar-refractivity contribution in [3.05, 3.63) is 53.6 Å². The van der Waals surface area contributed by atoms with Gasteiger partial charge in [-0.15, -0.1) is 0 Å². The van der Waals surface area contributed by atoms with E-state index in [-0.39, 0.29) is 12.6 Å². The fourth-order valence-electron chi connectivity index (χ4n) is 2.36. The lowest BCUT2D eigenvalue weighted by atomic mass is 10.1. The Labute approximate surface area is 134 Å². The summed E-state index contributed by atoms with van der Waals surface area (Å²) in [7, 11) is 0. The van der Waals surface area contributed by atoms with Gasteiger partial charge in [-0.2, -0.15) is 0 Å². The van der Waals surface area contributed by atoms with Crippen LogP contribution in [0.3, 0.4) is 0 Å². The van der Waals surface area contributed by atoms with E-state index in [0.29, 0.717) is 36.9 Å². The molecule has 0 aromatic heterocycles. The molecule has 0 spiro atoms. The number of urea groups is 1. The van der Waals surface area contributed by atoms with Gasteiger partial charge < -0.3 is 25.2 Å². The third kappa shape index (κ3) is 3.73. The highest BCUT2D eigenvalue weighted by molar-refractivity contribution is 5.89. The van der Waals surface area contributed by atoms with Crippen molar-refractivity contribution < 1.29 is 19.4 Å². The van der Waals surface area contributed by atoms with Gasteiger partial charge in [0.1, 0.15) is 13.2 Å². The Morgan fingerprint density at radius 2 is 1.78 bits per heavy atom. The molecular weight excluding hydrogens is 296 g/mol. The highest BCUT2D eigenvalue weighted by Crippen LogP contribution is 2.32. The number of rotatable bonds is 4. The number of hydrogen-bond donors (Lipinski definition) is 3. The minimum absolute atomic E-state index is 0.0539. The summed E-state index contributed by atoms with van der Waals surface area (Å²) in [5, 5.41) is 14.8. The molecule has 6 heteroatoms. The molecule has 3 N–H and O–H groups in total. The molecular formula is C17H18N2O4. The van der Waals surface area contributed by atoms with Crippen molar-refractivity contribution in [2.75, 3.05) is 18.5 Å². The van der Waals surface area contributed by atoms with Gasteiger partial charge in [0.15, 0.2) is 11.5 Å². The standard InChI is InChI=1S/C17H18N2O4/c20-11-13-4-2-1-3-12(13)10-18-17(21)19-14-5-6-15-16(9-14)23-8-7-22-15/h1-6,9,20H,7-8,10-11H2,(H2,18,19,21). The number of amides is 2. The average molecular weight is 314 g/mol. The number of aliphatic hydroxyl groups excluding tert-OH is 1. The Kier molecular flexibility index (Phi) is 4.63. The molecule has 0 saturated carbocycles. The van der Waals surface area contributed by atoms with Crippen LogP contribution in [0.15, 0.2) is 42.5 Å². The number of carbonyl (C=O) groups is 1. The summed E-state index contributed by atoms with van der Waals surface area (Å²) in [5.41, 5.74) is 2.31. The summed E-state index contributed by atoms with van der Waals surface area (Å²) in [6.45, 7) is 1.32. The zero-order chi connectivity index (χ0) is 16.1. The first-order valence-electron chi connectivity index (χ1n) is 7.38. The second-order valence-corrected chi connectivity index (χ2v) is 5.09. The minimum Gasteiger partial charge on any atom is -0.486 e. The van der Waals surface area contributed by atoms with E-state index in [9.17, 15) is 9.90 Å². The molecule has 3 rings (SSSR count). The van der Waals surface area contributed by atoms with E-state index < -0.39 is 0 Å². The van der Waals surface area contributed by atoms with Gasteiger partial charge in [0.2, 0.25) is 0 Å². The summed E-state index contributed by atoms with van der Waals surface area (Å²) >= 11 is 0. The van der Waals surface area contributed by atoms with Gasteiger partial charge in [-0.05, 0) is 23.3 Å². The SMILES string of the molecule is O=C(NCc1ccccc1CO)Nc1ccc2c(c1)OCCO2. The predicted octanol–water partition coefficient (Wildman–Crippen LogP) is 2.27. The Hall–Kier alpha value is -2.73. The van der Waals surface area contributed by atoms with Crippen LogP contribution in [0.4, 0.5) is 10.5 Å². The van der Waals surface area contributed by atoms with Gasteiger partial charge in [0, 0.05) is 18.3 Å². The number of ether oxygens (including phenoxy) is 2. The van der Waals surface area contributed by atoms with E-state index >= 15 is 0 Å². The van der Waals surface area contributed by atoms with Crippen LogP contribution >= 0.6 is 0 Å². The highest BCUT2D eigenvalue weighted by atomic mass is 16.6. The third-order valence-corrected chi connectivity index (χ3v) is 3.53. The predicted molar refractivity (Wildman–Crippen MR) is 85.7 cm³/mol. The quantitative estimate of drug-likeness (QED) is 0.809. The van der Waals surface area contributed by atoms with E-state index in [0.717, 1.165) is 11.1 Å². The van der Waals surface area contributed by atoms with Crippen molar-refractivity contribution in [1.82, 2.24) is 5.32 Å². The normalized spacial score (nSPS) is 12.6. The molecule has 6 nitrogen and oxygen atoms in total. The fourth-order valence-corrected chi connectivity index (χ4v) is 2.36. The zero-order valence-corrected chi connectivity index (χ0v) is 12.5. The maximum atomic E-state index is 12.0. The van der Waals surface area contributed by atoms with Crippen molar-refractivity contribution in [2.24, 2.45) is 0 Å². The van der Waals surface area contributed by atoms with Crippen molar-refractivity contribution in [2.45, 2.75) is 13.2 Å². The van der Waals surface area contributed by atoms with Crippen LogP contribution in [-0.4, -0.2) is 24.4 Å². The van der Waals surface area contributed by atoms with Gasteiger partial charge in [0.25, 0.3) is 0 Å². The molecule has 0 radical (unpaired) electrons. The number of hydrogen-bond acceptors (Lipinski definition) is 4. The molecule has 2 aromatic rings. The summed E-state index contributed by atoms with van der Waals surface area (Å²) in [6.07, 6.45) is 0. The summed E-state index contributed by atoms with van der Waals surface area (Å²) in [6, 6.07) is 12.4. The van der Waals surface area contributed by atoms with Crippen molar-refractivity contribution >= 4 is 11.7 Å². The number of aliphatic hydroxyl groups is 1. The van der Waals surface area contributed by atoms with Gasteiger partial charge in [0.05, 0.1) is 6.61 Å². The van der Waals surface area contributed by atoms with Crippen LogP contribution in [0, 0.1) is 0 Å². The molecule has 1 aliphatic rings. The molecule has 1 heterocycles. The van der Waals surface area contributed by atoms with E-state index in [4.69, 9.17) is 9.47 Å². The van der Waals surface area contributed by atoms with Crippen LogP contribution in [0.25, 0.3) is 0 Å². The molecule has 1 aliphatic heterocycles. The molecule has 0 unspecified atom stereocenters. The number of nitrogens with one attached hydrogen (secondary N) is 2. The molecule has 2 amide bonds. The van der Waals surface area contributed by atoms with E-state index in [2.05, 4.69) is 10.6 Å². The summed E-state index contributed by atoms with van der Waals surface area (Å²) in [5.74, 6) is 1.30. The van der Waals surface area contributed by atoms with Crippen LogP contribution in [0.2, 0.25) is 0 Å². The topological polar surface area (TPSA) is 79.8 Å². The van der Waals surface area contributed by atoms with Crippen molar-refractivity contribution in [1.29, 1.82) is 0 Å². The highest BCUT2D eigenvalue weighted by Gasteiger charge is 2.12. The van der Waals surface area contributed by atoms with Crippen LogP contribution in [-0.2, 0) is 13.2 Å². The molecule has 120 valence electrons. The van der Waals surface area contributed by atoms with Crippen LogP contribution < -0.4 is 20.1 Å². The summed E-state index contributed by atoms with van der Waals surface area (Å²) in [4.78, 5) is 12.0. The third-order valence-electron chi connectivity index (χ3n) is 3.53. The van der Waals surface area contributed by atoms with Gasteiger partial charge >= 0.3 is 6.03 Å². The second kappa shape index (κ2) is 7.02. The van der Waals surface area contributed by atoms with E-state index in [1.165, 1.54) is 0 Å².